The molecule has 12 nitrogen and oxygen atoms in total. The van der Waals surface area contributed by atoms with E-state index in [1.807, 2.05) is 19.0 Å². The first-order valence-electron chi connectivity index (χ1n) is 29.8. The Morgan fingerprint density at radius 1 is 0.479 bits per heavy atom. The average molecular weight is 1400 g/mol. The summed E-state index contributed by atoms with van der Waals surface area (Å²) in [5.74, 6) is 1.07. The molecule has 0 unspecified atom stereocenters. The molecule has 4 N–H and O–H groups in total. The summed E-state index contributed by atoms with van der Waals surface area (Å²) in [5.41, 5.74) is 11.0. The van der Waals surface area contributed by atoms with Gasteiger partial charge in [-0.1, -0.05) is 87.8 Å². The number of morpholine rings is 1. The van der Waals surface area contributed by atoms with Crippen molar-refractivity contribution in [2.45, 2.75) is 40.0 Å². The number of nitrogens with one attached hydrogen (secondary N) is 2. The van der Waals surface area contributed by atoms with E-state index in [1.165, 1.54) is 18.2 Å². The monoisotopic (exact) mass is 1390 g/mol. The van der Waals surface area contributed by atoms with Gasteiger partial charge in [0.15, 0.2) is 17.3 Å². The number of carbonyl (C=O) groups is 3. The quantitative estimate of drug-likeness (QED) is 0.0414. The maximum atomic E-state index is 14.8. The summed E-state index contributed by atoms with van der Waals surface area (Å²) in [4.78, 5) is 43.0. The summed E-state index contributed by atoms with van der Waals surface area (Å²) in [6.45, 7) is 10.9. The molecule has 1 aliphatic heterocycles. The SMILES string of the molecule is Cc1cc(F)c(N)c(C(=O)Cc2ccc(Oc3ccc(Cl)cc3)c(Cl)c2)c1.Cc1cc(F)c(NCCN(C)C)c(C(=O)Cc2ccc(Oc3ccc(Cl)cc3)c(Cl)c2)c1.Cc1cc(F)c(NCCN2CCOCC2)c(C(=O)Cc2ccc(Oc3ccc(Cl)cc3)c(Cl)c2)c1. The van der Waals surface area contributed by atoms with Crippen molar-refractivity contribution < 1.29 is 46.5 Å². The van der Waals surface area contributed by atoms with Gasteiger partial charge in [0, 0.05) is 90.3 Å². The molecule has 1 heterocycles. The number of rotatable bonds is 23. The predicted octanol–water partition coefficient (Wildman–Crippen LogP) is 19.3. The van der Waals surface area contributed by atoms with Crippen molar-refractivity contribution in [3.63, 3.8) is 0 Å². The lowest BCUT2D eigenvalue weighted by atomic mass is 9.99. The summed E-state index contributed by atoms with van der Waals surface area (Å²) in [7, 11) is 3.87. The van der Waals surface area contributed by atoms with Crippen LogP contribution in [0.1, 0.15) is 64.5 Å². The van der Waals surface area contributed by atoms with E-state index >= 15 is 0 Å². The van der Waals surface area contributed by atoms with Crippen LogP contribution in [0.4, 0.5) is 30.2 Å². The highest BCUT2D eigenvalue weighted by Crippen LogP contribution is 2.36. The third-order valence-electron chi connectivity index (χ3n) is 14.5. The lowest BCUT2D eigenvalue weighted by Crippen LogP contribution is -2.39. The van der Waals surface area contributed by atoms with Crippen LogP contribution in [0, 0.1) is 38.2 Å². The van der Waals surface area contributed by atoms with Crippen LogP contribution in [-0.2, 0) is 24.0 Å². The van der Waals surface area contributed by atoms with Gasteiger partial charge in [-0.05, 0) is 214 Å². The number of aryl methyl sites for hydroxylation is 3. The lowest BCUT2D eigenvalue weighted by molar-refractivity contribution is 0.0398. The Morgan fingerprint density at radius 3 is 1.18 bits per heavy atom. The van der Waals surface area contributed by atoms with E-state index in [-0.39, 0.29) is 59.2 Å². The van der Waals surface area contributed by atoms with Crippen LogP contribution >= 0.6 is 69.6 Å². The lowest BCUT2D eigenvalue weighted by Gasteiger charge is -2.26. The van der Waals surface area contributed by atoms with Crippen molar-refractivity contribution in [2.24, 2.45) is 0 Å². The number of nitrogens with zero attached hydrogens (tertiary/aromatic N) is 2. The molecule has 1 aliphatic rings. The van der Waals surface area contributed by atoms with Gasteiger partial charge in [0.1, 0.15) is 51.9 Å². The van der Waals surface area contributed by atoms with Crippen molar-refractivity contribution in [1.29, 1.82) is 0 Å². The molecule has 0 spiro atoms. The standard InChI is InChI=1S/C27H27Cl2FN2O3.C25H25Cl2FN2O2.C21H16Cl2FNO2/c1-18-14-22(27(24(30)15-18)31-8-9-32-10-12-34-13-11-32)25(33)17-19-2-7-26(23(29)16-19)35-21-5-3-20(28)4-6-21;1-16-12-20(25(22(28)13-16)29-10-11-30(2)3)23(31)15-17-4-9-24(21(27)14-17)32-19-7-5-18(26)6-8-19;1-12-8-16(21(25)18(24)9-12)19(26)11-13-2-7-20(17(23)10-13)27-15-5-3-14(22)4-6-15/h2-7,14-16,31H,8-13,17H2,1H3;4-9,12-14,29H,10-11,15H2,1-3H3;2-10H,11,25H2,1H3. The zero-order chi connectivity index (χ0) is 67.6. The molecule has 94 heavy (non-hydrogen) atoms. The first-order valence-corrected chi connectivity index (χ1v) is 32.1. The molecule has 9 aromatic rings. The first-order chi connectivity index (χ1) is 44.9. The normalized spacial score (nSPS) is 12.0. The first kappa shape index (κ1) is 72.0. The van der Waals surface area contributed by atoms with Crippen LogP contribution in [-0.4, -0.2) is 93.7 Å². The van der Waals surface area contributed by atoms with Crippen LogP contribution in [0.3, 0.4) is 0 Å². The van der Waals surface area contributed by atoms with Gasteiger partial charge in [0.05, 0.1) is 45.3 Å². The number of nitrogens with two attached hydrogens (primary N) is 1. The number of carbonyl (C=O) groups excluding carboxylic acids is 3. The van der Waals surface area contributed by atoms with Gasteiger partial charge in [0.2, 0.25) is 0 Å². The third-order valence-corrected chi connectivity index (χ3v) is 16.2. The van der Waals surface area contributed by atoms with Gasteiger partial charge in [-0.15, -0.1) is 0 Å². The molecule has 1 saturated heterocycles. The van der Waals surface area contributed by atoms with Gasteiger partial charge in [0.25, 0.3) is 0 Å². The highest BCUT2D eigenvalue weighted by atomic mass is 35.5. The molecule has 10 rings (SSSR count). The number of Topliss-reactive ketones (excluding diaryl/α,β-unsaturated/α-hetero) is 3. The molecule has 21 heteroatoms. The van der Waals surface area contributed by atoms with E-state index in [4.69, 9.17) is 94.3 Å². The Labute approximate surface area is 575 Å². The molecule has 490 valence electrons. The molecule has 1 fully saturated rings. The number of hydrogen-bond donors (Lipinski definition) is 3. The fourth-order valence-corrected chi connectivity index (χ4v) is 10.9. The second-order valence-electron chi connectivity index (χ2n) is 22.4. The van der Waals surface area contributed by atoms with Gasteiger partial charge in [-0.2, -0.15) is 0 Å². The molecular weight excluding hydrogens is 1330 g/mol. The zero-order valence-electron chi connectivity index (χ0n) is 52.1. The number of benzene rings is 9. The zero-order valence-corrected chi connectivity index (χ0v) is 56.6. The number of hydrogen-bond acceptors (Lipinski definition) is 12. The predicted molar refractivity (Wildman–Crippen MR) is 374 cm³/mol. The third kappa shape index (κ3) is 21.4. The highest BCUT2D eigenvalue weighted by molar-refractivity contribution is 6.33. The number of likely N-dealkylation sites (N-methyl/N-ethyl adjacent to an activating group) is 1. The van der Waals surface area contributed by atoms with Crippen LogP contribution in [0.15, 0.2) is 164 Å². The molecule has 0 bridgehead atoms. The van der Waals surface area contributed by atoms with E-state index < -0.39 is 17.5 Å². The van der Waals surface area contributed by atoms with E-state index in [2.05, 4.69) is 15.5 Å². The fourth-order valence-electron chi connectivity index (χ4n) is 9.78. The van der Waals surface area contributed by atoms with Gasteiger partial charge >= 0.3 is 0 Å². The molecular formula is C73H68Cl6F3N5O7. The summed E-state index contributed by atoms with van der Waals surface area (Å²) >= 11 is 36.7. The summed E-state index contributed by atoms with van der Waals surface area (Å²) in [5, 5.41) is 9.15. The number of nitrogen functional groups attached to an aromatic ring is 1. The number of halogens is 9. The van der Waals surface area contributed by atoms with Crippen LogP contribution in [0.25, 0.3) is 0 Å². The van der Waals surface area contributed by atoms with Crippen molar-refractivity contribution >= 4 is 104 Å². The van der Waals surface area contributed by atoms with E-state index in [0.29, 0.717) is 142 Å². The summed E-state index contributed by atoms with van der Waals surface area (Å²) in [6.07, 6.45) is 0.224. The van der Waals surface area contributed by atoms with Crippen LogP contribution in [0.2, 0.25) is 30.1 Å². The van der Waals surface area contributed by atoms with Gasteiger partial charge in [-0.25, -0.2) is 13.2 Å². The molecule has 0 atom stereocenters. The minimum atomic E-state index is -0.594. The van der Waals surface area contributed by atoms with Crippen molar-refractivity contribution in [2.75, 3.05) is 82.9 Å². The van der Waals surface area contributed by atoms with Gasteiger partial charge in [-0.3, -0.25) is 19.3 Å². The molecule has 9 aromatic carbocycles. The molecule has 0 saturated carbocycles. The molecule has 0 aliphatic carbocycles. The van der Waals surface area contributed by atoms with E-state index in [0.717, 1.165) is 19.6 Å². The number of ether oxygens (including phenoxy) is 4. The molecule has 0 radical (unpaired) electrons. The van der Waals surface area contributed by atoms with Crippen molar-refractivity contribution in [3.8, 4) is 34.5 Å². The molecule has 0 amide bonds. The Bertz CT molecular complexity index is 4120. The Kier molecular flexibility index (Phi) is 26.5. The van der Waals surface area contributed by atoms with Crippen LogP contribution in [0.5, 0.6) is 34.5 Å². The topological polar surface area (TPSA) is 145 Å². The highest BCUT2D eigenvalue weighted by Gasteiger charge is 2.22. The molecule has 0 aromatic heterocycles. The second kappa shape index (κ2) is 34.6. The largest absolute Gasteiger partial charge is 0.456 e. The second-order valence-corrected chi connectivity index (χ2v) is 25.0. The number of ketones is 3. The van der Waals surface area contributed by atoms with Crippen molar-refractivity contribution in [1.82, 2.24) is 9.80 Å². The fraction of sp³-hybridized carbons (Fsp3) is 0.219. The maximum Gasteiger partial charge on any atom is 0.169 e. The Morgan fingerprint density at radius 2 is 0.819 bits per heavy atom. The van der Waals surface area contributed by atoms with Gasteiger partial charge < -0.3 is 40.2 Å². The van der Waals surface area contributed by atoms with E-state index in [9.17, 15) is 27.6 Å². The minimum absolute atomic E-state index is 0.0496. The summed E-state index contributed by atoms with van der Waals surface area (Å²) in [6, 6.07) is 45.4. The minimum Gasteiger partial charge on any atom is -0.456 e. The average Bonchev–Trinajstić information content (AvgIpc) is 2.45. The van der Waals surface area contributed by atoms with Crippen molar-refractivity contribution in [3.05, 3.63) is 261 Å². The maximum absolute atomic E-state index is 14.8. The summed E-state index contributed by atoms with van der Waals surface area (Å²) < 4.78 is 65.9. The Hall–Kier alpha value is -7.80. The van der Waals surface area contributed by atoms with E-state index in [1.54, 1.807) is 166 Å². The van der Waals surface area contributed by atoms with Crippen LogP contribution < -0.4 is 30.6 Å². The number of anilines is 3. The Balaban J connectivity index is 0.000000182. The smallest absolute Gasteiger partial charge is 0.169 e.